The van der Waals surface area contributed by atoms with Gasteiger partial charge in [-0.15, -0.1) is 12.4 Å². The summed E-state index contributed by atoms with van der Waals surface area (Å²) >= 11 is 0. The molecular formula is C17H27ClN2O5S. The van der Waals surface area contributed by atoms with E-state index in [1.165, 1.54) is 36.7 Å². The van der Waals surface area contributed by atoms with E-state index in [-0.39, 0.29) is 28.6 Å². The van der Waals surface area contributed by atoms with Gasteiger partial charge in [0.2, 0.25) is 10.0 Å². The molecule has 0 saturated carbocycles. The van der Waals surface area contributed by atoms with Crippen molar-refractivity contribution in [3.8, 4) is 5.75 Å². The molecular weight excluding hydrogens is 380 g/mol. The smallest absolute Gasteiger partial charge is 0.341 e. The number of carbonyl (C=O) groups is 1. The molecule has 7 nitrogen and oxygen atoms in total. The van der Waals surface area contributed by atoms with Crippen molar-refractivity contribution < 1.29 is 22.7 Å². The van der Waals surface area contributed by atoms with Crippen molar-refractivity contribution in [3.63, 3.8) is 0 Å². The number of hydrogen-bond donors (Lipinski definition) is 1. The molecule has 0 atom stereocenters. The molecule has 1 aliphatic heterocycles. The van der Waals surface area contributed by atoms with Crippen LogP contribution in [-0.4, -0.2) is 59.1 Å². The van der Waals surface area contributed by atoms with Crippen LogP contribution in [-0.2, 0) is 14.8 Å². The van der Waals surface area contributed by atoms with Gasteiger partial charge in [0.05, 0.1) is 19.1 Å². The number of nitrogens with one attached hydrogen (secondary N) is 1. The Hall–Kier alpha value is -1.35. The Balaban J connectivity index is 0.00000338. The summed E-state index contributed by atoms with van der Waals surface area (Å²) in [5.41, 5.74) is 0.105. The minimum absolute atomic E-state index is 0. The number of piperidine rings is 1. The van der Waals surface area contributed by atoms with Crippen molar-refractivity contribution in [3.05, 3.63) is 23.8 Å². The summed E-state index contributed by atoms with van der Waals surface area (Å²) in [6.07, 6.45) is 1.65. The van der Waals surface area contributed by atoms with Gasteiger partial charge in [-0.05, 0) is 50.0 Å². The van der Waals surface area contributed by atoms with Gasteiger partial charge in [-0.25, -0.2) is 13.2 Å². The van der Waals surface area contributed by atoms with Gasteiger partial charge in [0.25, 0.3) is 0 Å². The van der Waals surface area contributed by atoms with Crippen molar-refractivity contribution in [2.24, 2.45) is 5.92 Å². The van der Waals surface area contributed by atoms with Crippen LogP contribution in [0.15, 0.2) is 23.1 Å². The summed E-state index contributed by atoms with van der Waals surface area (Å²) in [5.74, 6) is 0.154. The van der Waals surface area contributed by atoms with Crippen LogP contribution in [0.5, 0.6) is 5.75 Å². The first-order valence-electron chi connectivity index (χ1n) is 8.41. The maximum absolute atomic E-state index is 12.9. The lowest BCUT2D eigenvalue weighted by Gasteiger charge is -2.31. The van der Waals surface area contributed by atoms with Crippen LogP contribution in [0, 0.1) is 5.92 Å². The monoisotopic (exact) mass is 406 g/mol. The third-order valence-electron chi connectivity index (χ3n) is 4.47. The fourth-order valence-corrected chi connectivity index (χ4v) is 4.46. The van der Waals surface area contributed by atoms with Crippen molar-refractivity contribution in [2.75, 3.05) is 40.4 Å². The molecule has 1 fully saturated rings. The number of sulfonamides is 1. The summed E-state index contributed by atoms with van der Waals surface area (Å²) in [5, 5.41) is 3.31. The second-order valence-electron chi connectivity index (χ2n) is 6.01. The molecule has 0 unspecified atom stereocenters. The van der Waals surface area contributed by atoms with E-state index in [1.54, 1.807) is 0 Å². The van der Waals surface area contributed by atoms with Crippen LogP contribution in [0.1, 0.15) is 30.1 Å². The van der Waals surface area contributed by atoms with Gasteiger partial charge in [0, 0.05) is 13.1 Å². The molecule has 0 amide bonds. The normalized spacial score (nSPS) is 16.0. The number of esters is 1. The van der Waals surface area contributed by atoms with Crippen LogP contribution < -0.4 is 10.1 Å². The van der Waals surface area contributed by atoms with E-state index in [0.717, 1.165) is 25.9 Å². The minimum Gasteiger partial charge on any atom is -0.496 e. The van der Waals surface area contributed by atoms with Crippen LogP contribution in [0.4, 0.5) is 0 Å². The molecule has 1 aromatic rings. The highest BCUT2D eigenvalue weighted by Crippen LogP contribution is 2.27. The van der Waals surface area contributed by atoms with Crippen LogP contribution in [0.2, 0.25) is 0 Å². The summed E-state index contributed by atoms with van der Waals surface area (Å²) in [7, 11) is -0.976. The Kier molecular flexibility index (Phi) is 8.82. The lowest BCUT2D eigenvalue weighted by molar-refractivity contribution is 0.0596. The number of rotatable bonds is 7. The molecule has 1 N–H and O–H groups in total. The average molecular weight is 407 g/mol. The van der Waals surface area contributed by atoms with Gasteiger partial charge >= 0.3 is 5.97 Å². The summed E-state index contributed by atoms with van der Waals surface area (Å²) < 4.78 is 37.1. The number of hydrogen-bond acceptors (Lipinski definition) is 6. The number of benzene rings is 1. The number of ether oxygens (including phenoxy) is 2. The molecule has 0 aliphatic carbocycles. The predicted octanol–water partition coefficient (Wildman–Crippen LogP) is 1.91. The maximum Gasteiger partial charge on any atom is 0.341 e. The van der Waals surface area contributed by atoms with Crippen molar-refractivity contribution in [1.82, 2.24) is 9.62 Å². The van der Waals surface area contributed by atoms with E-state index in [2.05, 4.69) is 12.2 Å². The minimum atomic E-state index is -3.65. The van der Waals surface area contributed by atoms with E-state index in [4.69, 9.17) is 9.47 Å². The first-order valence-corrected chi connectivity index (χ1v) is 9.85. The van der Waals surface area contributed by atoms with E-state index in [9.17, 15) is 13.2 Å². The molecule has 2 rings (SSSR count). The lowest BCUT2D eigenvalue weighted by atomic mass is 9.98. The van der Waals surface area contributed by atoms with Crippen molar-refractivity contribution in [1.29, 1.82) is 0 Å². The molecule has 1 saturated heterocycles. The Labute approximate surface area is 161 Å². The second-order valence-corrected chi connectivity index (χ2v) is 7.95. The highest BCUT2D eigenvalue weighted by Gasteiger charge is 2.30. The standard InChI is InChI=1S/C17H26N2O5S.ClH/c1-4-18-12-13-7-9-19(10-8-13)25(21,22)14-5-6-16(23-2)15(11-14)17(20)24-3;/h5-6,11,13,18H,4,7-10,12H2,1-3H3;1H. The number of nitrogens with zero attached hydrogens (tertiary/aromatic N) is 1. The first-order chi connectivity index (χ1) is 11.9. The van der Waals surface area contributed by atoms with Crippen LogP contribution in [0.25, 0.3) is 0 Å². The molecule has 0 spiro atoms. The molecule has 26 heavy (non-hydrogen) atoms. The fraction of sp³-hybridized carbons (Fsp3) is 0.588. The molecule has 148 valence electrons. The quantitative estimate of drug-likeness (QED) is 0.696. The molecule has 1 heterocycles. The first kappa shape index (κ1) is 22.7. The van der Waals surface area contributed by atoms with Gasteiger partial charge in [0.1, 0.15) is 11.3 Å². The largest absolute Gasteiger partial charge is 0.496 e. The highest BCUT2D eigenvalue weighted by molar-refractivity contribution is 7.89. The van der Waals surface area contributed by atoms with Gasteiger partial charge < -0.3 is 14.8 Å². The zero-order valence-corrected chi connectivity index (χ0v) is 17.0. The van der Waals surface area contributed by atoms with Gasteiger partial charge in [-0.2, -0.15) is 4.31 Å². The third kappa shape index (κ3) is 5.09. The Morgan fingerprint density at radius 2 is 1.92 bits per heavy atom. The van der Waals surface area contributed by atoms with E-state index < -0.39 is 16.0 Å². The highest BCUT2D eigenvalue weighted by atomic mass is 35.5. The van der Waals surface area contributed by atoms with Gasteiger partial charge in [-0.3, -0.25) is 0 Å². The fourth-order valence-electron chi connectivity index (χ4n) is 2.97. The van der Waals surface area contributed by atoms with Crippen molar-refractivity contribution >= 4 is 28.4 Å². The summed E-state index contributed by atoms with van der Waals surface area (Å²) in [6, 6.07) is 4.27. The Bertz CT molecular complexity index is 703. The van der Waals surface area contributed by atoms with Gasteiger partial charge in [-0.1, -0.05) is 6.92 Å². The molecule has 0 bridgehead atoms. The lowest BCUT2D eigenvalue weighted by Crippen LogP contribution is -2.40. The molecule has 1 aromatic carbocycles. The second kappa shape index (κ2) is 10.1. The number of halogens is 1. The Morgan fingerprint density at radius 3 is 2.46 bits per heavy atom. The average Bonchev–Trinajstić information content (AvgIpc) is 2.65. The number of carbonyl (C=O) groups excluding carboxylic acids is 1. The summed E-state index contributed by atoms with van der Waals surface area (Å²) in [4.78, 5) is 12.0. The number of methoxy groups -OCH3 is 2. The maximum atomic E-state index is 12.9. The van der Waals surface area contributed by atoms with Crippen LogP contribution in [0.3, 0.4) is 0 Å². The Morgan fingerprint density at radius 1 is 1.27 bits per heavy atom. The predicted molar refractivity (Wildman–Crippen MR) is 102 cm³/mol. The van der Waals surface area contributed by atoms with Crippen LogP contribution >= 0.6 is 12.4 Å². The van der Waals surface area contributed by atoms with E-state index in [0.29, 0.717) is 19.0 Å². The third-order valence-corrected chi connectivity index (χ3v) is 6.37. The topological polar surface area (TPSA) is 84.9 Å². The van der Waals surface area contributed by atoms with E-state index in [1.807, 2.05) is 0 Å². The van der Waals surface area contributed by atoms with Gasteiger partial charge in [0.15, 0.2) is 0 Å². The molecule has 0 aromatic heterocycles. The molecule has 1 aliphatic rings. The molecule has 9 heteroatoms. The van der Waals surface area contributed by atoms with Crippen molar-refractivity contribution in [2.45, 2.75) is 24.7 Å². The molecule has 0 radical (unpaired) electrons. The zero-order valence-electron chi connectivity index (χ0n) is 15.4. The SMILES string of the molecule is CCNCC1CCN(S(=O)(=O)c2ccc(OC)c(C(=O)OC)c2)CC1.Cl. The zero-order chi connectivity index (χ0) is 18.4. The van der Waals surface area contributed by atoms with E-state index >= 15 is 0 Å². The summed E-state index contributed by atoms with van der Waals surface area (Å²) in [6.45, 7) is 4.86.